The average molecular weight is 380 g/mol. The molecule has 2 fully saturated rings. The molecule has 2 aliphatic rings. The summed E-state index contributed by atoms with van der Waals surface area (Å²) in [6.45, 7) is 5.23. The lowest BCUT2D eigenvalue weighted by molar-refractivity contribution is -0.134. The van der Waals surface area contributed by atoms with Gasteiger partial charge in [0.25, 0.3) is 0 Å². The first-order chi connectivity index (χ1) is 12.3. The van der Waals surface area contributed by atoms with Crippen LogP contribution < -0.4 is 0 Å². The first-order valence-electron chi connectivity index (χ1n) is 9.36. The molecule has 26 heavy (non-hydrogen) atoms. The number of piperazine rings is 1. The van der Waals surface area contributed by atoms with Gasteiger partial charge in [0, 0.05) is 38.8 Å². The van der Waals surface area contributed by atoms with Crippen LogP contribution in [0.3, 0.4) is 0 Å². The molecule has 0 radical (unpaired) electrons. The lowest BCUT2D eigenvalue weighted by atomic mass is 10.1. The summed E-state index contributed by atoms with van der Waals surface area (Å²) in [4.78, 5) is 16.9. The minimum Gasteiger partial charge on any atom is -0.339 e. The summed E-state index contributed by atoms with van der Waals surface area (Å²) in [6.07, 6.45) is 3.72. The highest BCUT2D eigenvalue weighted by Crippen LogP contribution is 2.32. The number of carbonyl (C=O) groups is 1. The van der Waals surface area contributed by atoms with Crippen LogP contribution in [0.15, 0.2) is 30.3 Å². The molecule has 0 bridgehead atoms. The van der Waals surface area contributed by atoms with E-state index >= 15 is 0 Å². The number of amides is 1. The van der Waals surface area contributed by atoms with Crippen molar-refractivity contribution in [2.75, 3.05) is 45.5 Å². The Bertz CT molecular complexity index is 711. The summed E-state index contributed by atoms with van der Waals surface area (Å²) in [6, 6.07) is 10.5. The first kappa shape index (κ1) is 19.3. The number of carbonyl (C=O) groups excluding carboxylic acids is 1. The Hall–Kier alpha value is -1.44. The topological polar surface area (TPSA) is 60.9 Å². The molecule has 1 aliphatic carbocycles. The van der Waals surface area contributed by atoms with Crippen molar-refractivity contribution >= 4 is 15.9 Å². The van der Waals surface area contributed by atoms with Crippen molar-refractivity contribution in [3.8, 4) is 0 Å². The normalized spacial score (nSPS) is 20.3. The third-order valence-corrected chi connectivity index (χ3v) is 6.72. The molecule has 1 aromatic rings. The van der Waals surface area contributed by atoms with E-state index in [-0.39, 0.29) is 11.9 Å². The van der Waals surface area contributed by atoms with Crippen LogP contribution in [0.25, 0.3) is 0 Å². The zero-order chi connectivity index (χ0) is 18.7. The number of hydrogen-bond donors (Lipinski definition) is 0. The van der Waals surface area contributed by atoms with E-state index in [4.69, 9.17) is 0 Å². The second kappa shape index (κ2) is 8.06. The van der Waals surface area contributed by atoms with Crippen LogP contribution in [-0.4, -0.2) is 74.0 Å². The molecule has 0 spiro atoms. The van der Waals surface area contributed by atoms with Crippen molar-refractivity contribution in [1.82, 2.24) is 14.1 Å². The first-order valence-corrected chi connectivity index (χ1v) is 11.2. The van der Waals surface area contributed by atoms with Gasteiger partial charge in [-0.15, -0.1) is 0 Å². The van der Waals surface area contributed by atoms with E-state index in [0.717, 1.165) is 6.54 Å². The Labute approximate surface area is 156 Å². The van der Waals surface area contributed by atoms with Crippen molar-refractivity contribution in [3.63, 3.8) is 0 Å². The lowest BCUT2D eigenvalue weighted by Crippen LogP contribution is -2.52. The van der Waals surface area contributed by atoms with E-state index in [0.29, 0.717) is 38.6 Å². The van der Waals surface area contributed by atoms with Crippen LogP contribution in [-0.2, 0) is 14.8 Å². The van der Waals surface area contributed by atoms with Gasteiger partial charge in [-0.05, 0) is 31.2 Å². The number of hydrogen-bond acceptors (Lipinski definition) is 4. The Morgan fingerprint density at radius 3 is 2.31 bits per heavy atom. The highest BCUT2D eigenvalue weighted by molar-refractivity contribution is 7.88. The second-order valence-electron chi connectivity index (χ2n) is 7.50. The predicted molar refractivity (Wildman–Crippen MR) is 102 cm³/mol. The summed E-state index contributed by atoms with van der Waals surface area (Å²) in [5.41, 5.74) is 1.22. The highest BCUT2D eigenvalue weighted by atomic mass is 32.2. The molecule has 0 N–H and O–H groups in total. The van der Waals surface area contributed by atoms with Crippen molar-refractivity contribution in [3.05, 3.63) is 35.9 Å². The molecule has 7 heteroatoms. The summed E-state index contributed by atoms with van der Waals surface area (Å²) >= 11 is 0. The van der Waals surface area contributed by atoms with Crippen molar-refractivity contribution < 1.29 is 13.2 Å². The molecule has 1 saturated carbocycles. The minimum atomic E-state index is -3.17. The van der Waals surface area contributed by atoms with E-state index in [1.54, 1.807) is 4.90 Å². The monoisotopic (exact) mass is 379 g/mol. The summed E-state index contributed by atoms with van der Waals surface area (Å²) in [7, 11) is -3.17. The number of benzene rings is 1. The molecular formula is C19H29N3O3S. The van der Waals surface area contributed by atoms with Crippen LogP contribution in [0.1, 0.15) is 31.4 Å². The van der Waals surface area contributed by atoms with Crippen LogP contribution in [0.2, 0.25) is 0 Å². The standard InChI is InChI=1S/C19H29N3O3S/c1-16(18-6-4-3-5-7-18)21(14-17-8-9-17)15-19(23)20-10-12-22(13-11-20)26(2,24)25/h3-7,16-17H,8-15H2,1-2H3. The molecule has 144 valence electrons. The van der Waals surface area contributed by atoms with Crippen molar-refractivity contribution in [1.29, 1.82) is 0 Å². The number of sulfonamides is 1. The van der Waals surface area contributed by atoms with Gasteiger partial charge in [-0.3, -0.25) is 9.69 Å². The minimum absolute atomic E-state index is 0.0987. The maximum Gasteiger partial charge on any atom is 0.236 e. The Morgan fingerprint density at radius 2 is 1.77 bits per heavy atom. The van der Waals surface area contributed by atoms with Gasteiger partial charge in [0.15, 0.2) is 0 Å². The van der Waals surface area contributed by atoms with Crippen LogP contribution >= 0.6 is 0 Å². The quantitative estimate of drug-likeness (QED) is 0.721. The van der Waals surface area contributed by atoms with Crippen LogP contribution in [0.5, 0.6) is 0 Å². The maximum atomic E-state index is 12.8. The fraction of sp³-hybridized carbons (Fsp3) is 0.632. The van der Waals surface area contributed by atoms with Crippen molar-refractivity contribution in [2.24, 2.45) is 5.92 Å². The van der Waals surface area contributed by atoms with Crippen molar-refractivity contribution in [2.45, 2.75) is 25.8 Å². The van der Waals surface area contributed by atoms with Gasteiger partial charge in [0.2, 0.25) is 15.9 Å². The Morgan fingerprint density at radius 1 is 1.15 bits per heavy atom. The fourth-order valence-electron chi connectivity index (χ4n) is 3.48. The van der Waals surface area contributed by atoms with E-state index in [2.05, 4.69) is 24.0 Å². The molecular weight excluding hydrogens is 350 g/mol. The molecule has 1 heterocycles. The van der Waals surface area contributed by atoms with Gasteiger partial charge in [-0.2, -0.15) is 4.31 Å². The summed E-state index contributed by atoms with van der Waals surface area (Å²) < 4.78 is 24.7. The zero-order valence-corrected chi connectivity index (χ0v) is 16.5. The van der Waals surface area contributed by atoms with E-state index in [1.165, 1.54) is 29.0 Å². The van der Waals surface area contributed by atoms with Gasteiger partial charge in [0.1, 0.15) is 0 Å². The molecule has 1 amide bonds. The van der Waals surface area contributed by atoms with E-state index in [1.807, 2.05) is 18.2 Å². The SMILES string of the molecule is CC(c1ccccc1)N(CC(=O)N1CCN(S(C)(=O)=O)CC1)CC1CC1. The summed E-state index contributed by atoms with van der Waals surface area (Å²) in [5.74, 6) is 0.803. The number of nitrogens with zero attached hydrogens (tertiary/aromatic N) is 3. The highest BCUT2D eigenvalue weighted by Gasteiger charge is 2.31. The van der Waals surface area contributed by atoms with Gasteiger partial charge in [-0.1, -0.05) is 30.3 Å². The maximum absolute atomic E-state index is 12.8. The fourth-order valence-corrected chi connectivity index (χ4v) is 4.30. The summed E-state index contributed by atoms with van der Waals surface area (Å²) in [5, 5.41) is 0. The van der Waals surface area contributed by atoms with Crippen LogP contribution in [0, 0.1) is 5.92 Å². The number of rotatable bonds is 7. The predicted octanol–water partition coefficient (Wildman–Crippen LogP) is 1.56. The molecule has 1 aromatic carbocycles. The van der Waals surface area contributed by atoms with Gasteiger partial charge >= 0.3 is 0 Å². The molecule has 0 aromatic heterocycles. The molecule has 6 nitrogen and oxygen atoms in total. The van der Waals surface area contributed by atoms with Gasteiger partial charge < -0.3 is 4.90 Å². The zero-order valence-electron chi connectivity index (χ0n) is 15.7. The third kappa shape index (κ3) is 5.05. The van der Waals surface area contributed by atoms with E-state index < -0.39 is 10.0 Å². The Kier molecular flexibility index (Phi) is 5.99. The molecule has 3 rings (SSSR count). The molecule has 1 atom stereocenters. The third-order valence-electron chi connectivity index (χ3n) is 5.42. The van der Waals surface area contributed by atoms with Gasteiger partial charge in [-0.25, -0.2) is 8.42 Å². The Balaban J connectivity index is 1.61. The van der Waals surface area contributed by atoms with E-state index in [9.17, 15) is 13.2 Å². The lowest BCUT2D eigenvalue weighted by Gasteiger charge is -2.36. The largest absolute Gasteiger partial charge is 0.339 e. The van der Waals surface area contributed by atoms with Crippen LogP contribution in [0.4, 0.5) is 0 Å². The van der Waals surface area contributed by atoms with Gasteiger partial charge in [0.05, 0.1) is 12.8 Å². The molecule has 1 saturated heterocycles. The smallest absolute Gasteiger partial charge is 0.236 e. The molecule has 1 unspecified atom stereocenters. The second-order valence-corrected chi connectivity index (χ2v) is 9.48. The molecule has 1 aliphatic heterocycles. The average Bonchev–Trinajstić information content (AvgIpc) is 3.44.